The first-order chi connectivity index (χ1) is 7.22. The van der Waals surface area contributed by atoms with Gasteiger partial charge in [0.2, 0.25) is 0 Å². The molecule has 92 valence electrons. The van der Waals surface area contributed by atoms with Crippen molar-refractivity contribution in [2.45, 2.75) is 73.3 Å². The Morgan fingerprint density at radius 3 is 1.60 bits per heavy atom. The Morgan fingerprint density at radius 1 is 0.867 bits per heavy atom. The van der Waals surface area contributed by atoms with Crippen molar-refractivity contribution in [2.75, 3.05) is 13.1 Å². The molecule has 0 aromatic heterocycles. The maximum absolute atomic E-state index is 2.60. The van der Waals surface area contributed by atoms with Crippen LogP contribution in [-0.4, -0.2) is 24.0 Å². The summed E-state index contributed by atoms with van der Waals surface area (Å²) in [5, 5.41) is 0. The maximum Gasteiger partial charge on any atom is 0.00532 e. The highest BCUT2D eigenvalue weighted by atomic mass is 15.2. The molecule has 2 aliphatic rings. The Labute approximate surface area is 97.2 Å². The zero-order valence-electron chi connectivity index (χ0n) is 11.8. The third-order valence-corrected chi connectivity index (χ3v) is 3.47. The Morgan fingerprint density at radius 2 is 1.27 bits per heavy atom. The smallest absolute Gasteiger partial charge is 0.00532 e. The van der Waals surface area contributed by atoms with E-state index in [4.69, 9.17) is 0 Å². The molecule has 1 aliphatic heterocycles. The second-order valence-corrected chi connectivity index (χ2v) is 4.71. The van der Waals surface area contributed by atoms with E-state index in [0.717, 1.165) is 11.5 Å². The highest BCUT2D eigenvalue weighted by Crippen LogP contribution is 2.45. The van der Waals surface area contributed by atoms with Gasteiger partial charge in [-0.3, -0.25) is 4.90 Å². The third kappa shape index (κ3) is 3.79. The van der Waals surface area contributed by atoms with Crippen LogP contribution >= 0.6 is 0 Å². The largest absolute Gasteiger partial charge is 0.300 e. The third-order valence-electron chi connectivity index (χ3n) is 3.47. The lowest BCUT2D eigenvalue weighted by molar-refractivity contribution is -0.0166. The van der Waals surface area contributed by atoms with Crippen LogP contribution in [0.2, 0.25) is 0 Å². The molecule has 0 unspecified atom stereocenters. The lowest BCUT2D eigenvalue weighted by atomic mass is 9.77. The van der Waals surface area contributed by atoms with E-state index in [1.165, 1.54) is 38.8 Å². The summed E-state index contributed by atoms with van der Waals surface area (Å²) in [6, 6.07) is 0.779. The molecule has 1 heterocycles. The van der Waals surface area contributed by atoms with Gasteiger partial charge in [0, 0.05) is 19.1 Å². The molecule has 1 aliphatic carbocycles. The minimum absolute atomic E-state index is 0.779. The van der Waals surface area contributed by atoms with Crippen molar-refractivity contribution >= 4 is 0 Å². The molecule has 1 saturated heterocycles. The van der Waals surface area contributed by atoms with E-state index in [2.05, 4.69) is 18.7 Å². The molecule has 0 atom stereocenters. The van der Waals surface area contributed by atoms with Gasteiger partial charge in [-0.1, -0.05) is 40.5 Å². The quantitative estimate of drug-likeness (QED) is 0.627. The number of hydrogen-bond donors (Lipinski definition) is 0. The molecule has 15 heavy (non-hydrogen) atoms. The van der Waals surface area contributed by atoms with Crippen molar-refractivity contribution in [3.63, 3.8) is 0 Å². The molecule has 1 spiro atoms. The van der Waals surface area contributed by atoms with E-state index in [-0.39, 0.29) is 0 Å². The molecule has 2 rings (SSSR count). The Hall–Kier alpha value is -0.0400. The van der Waals surface area contributed by atoms with E-state index in [1.54, 1.807) is 0 Å². The summed E-state index contributed by atoms with van der Waals surface area (Å²) in [6.07, 6.45) is 6.00. The SMILES string of the molecule is CC.CC.CC(C)N1CC2(CCCC2)C1. The molecule has 0 bridgehead atoms. The Kier molecular flexibility index (Phi) is 7.25. The summed E-state index contributed by atoms with van der Waals surface area (Å²) in [7, 11) is 0. The minimum Gasteiger partial charge on any atom is -0.300 e. The van der Waals surface area contributed by atoms with E-state index < -0.39 is 0 Å². The summed E-state index contributed by atoms with van der Waals surface area (Å²) in [6.45, 7) is 15.4. The first-order valence-electron chi connectivity index (χ1n) is 6.96. The van der Waals surface area contributed by atoms with Crippen molar-refractivity contribution in [1.29, 1.82) is 0 Å². The average molecular weight is 213 g/mol. The average Bonchev–Trinajstić information content (AvgIpc) is 2.70. The van der Waals surface area contributed by atoms with Gasteiger partial charge < -0.3 is 0 Å². The number of hydrogen-bond acceptors (Lipinski definition) is 1. The summed E-state index contributed by atoms with van der Waals surface area (Å²) < 4.78 is 0. The van der Waals surface area contributed by atoms with Gasteiger partial charge in [0.1, 0.15) is 0 Å². The number of nitrogens with zero attached hydrogens (tertiary/aromatic N) is 1. The highest BCUT2D eigenvalue weighted by Gasteiger charge is 2.44. The monoisotopic (exact) mass is 213 g/mol. The molecule has 1 saturated carbocycles. The first kappa shape index (κ1) is 15.0. The van der Waals surface area contributed by atoms with Crippen LogP contribution in [0.1, 0.15) is 67.2 Å². The predicted octanol–water partition coefficient (Wildman–Crippen LogP) is 4.32. The second-order valence-electron chi connectivity index (χ2n) is 4.71. The summed E-state index contributed by atoms with van der Waals surface area (Å²) in [5.41, 5.74) is 0.796. The number of rotatable bonds is 1. The molecule has 1 heteroatoms. The van der Waals surface area contributed by atoms with Gasteiger partial charge in [-0.25, -0.2) is 0 Å². The molecule has 0 radical (unpaired) electrons. The van der Waals surface area contributed by atoms with E-state index >= 15 is 0 Å². The van der Waals surface area contributed by atoms with E-state index in [9.17, 15) is 0 Å². The van der Waals surface area contributed by atoms with Gasteiger partial charge in [-0.2, -0.15) is 0 Å². The fourth-order valence-corrected chi connectivity index (χ4v) is 2.62. The van der Waals surface area contributed by atoms with Gasteiger partial charge in [-0.15, -0.1) is 0 Å². The van der Waals surface area contributed by atoms with Crippen LogP contribution in [0, 0.1) is 5.41 Å². The fraction of sp³-hybridized carbons (Fsp3) is 1.00. The van der Waals surface area contributed by atoms with Gasteiger partial charge >= 0.3 is 0 Å². The van der Waals surface area contributed by atoms with Gasteiger partial charge in [0.25, 0.3) is 0 Å². The molecule has 0 aromatic rings. The van der Waals surface area contributed by atoms with Crippen LogP contribution in [0.4, 0.5) is 0 Å². The lowest BCUT2D eigenvalue weighted by Gasteiger charge is -2.50. The topological polar surface area (TPSA) is 3.24 Å². The van der Waals surface area contributed by atoms with E-state index in [1.807, 2.05) is 27.7 Å². The Bertz CT molecular complexity index is 137. The highest BCUT2D eigenvalue weighted by molar-refractivity contribution is 4.98. The molecule has 0 aromatic carbocycles. The standard InChI is InChI=1S/C10H19N.2C2H6/c1-9(2)11-7-10(8-11)5-3-4-6-10;2*1-2/h9H,3-8H2,1-2H3;2*1-2H3. The molecule has 0 amide bonds. The van der Waals surface area contributed by atoms with Crippen LogP contribution in [0.25, 0.3) is 0 Å². The van der Waals surface area contributed by atoms with Crippen molar-refractivity contribution in [2.24, 2.45) is 5.41 Å². The molecular weight excluding hydrogens is 182 g/mol. The number of likely N-dealkylation sites (tertiary alicyclic amines) is 1. The molecule has 0 N–H and O–H groups in total. The fourth-order valence-electron chi connectivity index (χ4n) is 2.62. The summed E-state index contributed by atoms with van der Waals surface area (Å²) in [4.78, 5) is 2.60. The van der Waals surface area contributed by atoms with Crippen LogP contribution in [0.3, 0.4) is 0 Å². The summed E-state index contributed by atoms with van der Waals surface area (Å²) >= 11 is 0. The van der Waals surface area contributed by atoms with Gasteiger partial charge in [-0.05, 0) is 32.1 Å². The van der Waals surface area contributed by atoms with Crippen molar-refractivity contribution in [3.05, 3.63) is 0 Å². The summed E-state index contributed by atoms with van der Waals surface area (Å²) in [5.74, 6) is 0. The van der Waals surface area contributed by atoms with Crippen LogP contribution in [-0.2, 0) is 0 Å². The normalized spacial score (nSPS) is 22.6. The zero-order chi connectivity index (χ0) is 11.9. The van der Waals surface area contributed by atoms with Crippen molar-refractivity contribution in [3.8, 4) is 0 Å². The molecule has 2 fully saturated rings. The second kappa shape index (κ2) is 7.27. The molecular formula is C14H31N. The first-order valence-corrected chi connectivity index (χ1v) is 6.96. The lowest BCUT2D eigenvalue weighted by Crippen LogP contribution is -2.57. The van der Waals surface area contributed by atoms with Crippen LogP contribution < -0.4 is 0 Å². The van der Waals surface area contributed by atoms with Crippen LogP contribution in [0.5, 0.6) is 0 Å². The van der Waals surface area contributed by atoms with Crippen molar-refractivity contribution < 1.29 is 0 Å². The zero-order valence-corrected chi connectivity index (χ0v) is 11.8. The minimum atomic E-state index is 0.779. The van der Waals surface area contributed by atoms with Crippen molar-refractivity contribution in [1.82, 2.24) is 4.90 Å². The molecule has 1 nitrogen and oxygen atoms in total. The van der Waals surface area contributed by atoms with Gasteiger partial charge in [0.15, 0.2) is 0 Å². The predicted molar refractivity (Wildman–Crippen MR) is 70.3 cm³/mol. The maximum atomic E-state index is 2.60. The van der Waals surface area contributed by atoms with Gasteiger partial charge in [0.05, 0.1) is 0 Å². The van der Waals surface area contributed by atoms with Crippen LogP contribution in [0.15, 0.2) is 0 Å². The van der Waals surface area contributed by atoms with E-state index in [0.29, 0.717) is 0 Å². The Balaban J connectivity index is 0.000000442.